The molecular formula is C51H42B3N5OSi. The van der Waals surface area contributed by atoms with Gasteiger partial charge in [0, 0.05) is 21.2 Å². The zero-order valence-electron chi connectivity index (χ0n) is 36.7. The maximum Gasteiger partial charge on any atom is 0.388 e. The summed E-state index contributed by atoms with van der Waals surface area (Å²) < 4.78 is 44.5. The minimum Gasteiger partial charge on any atom is -0.423 e. The third kappa shape index (κ3) is 6.25. The Hall–Kier alpha value is -7.16. The Balaban J connectivity index is 1.19. The second kappa shape index (κ2) is 15.1. The van der Waals surface area contributed by atoms with Crippen LogP contribution >= 0.6 is 0 Å². The molecule has 0 amide bonds. The van der Waals surface area contributed by atoms with Gasteiger partial charge in [-0.2, -0.15) is 4.98 Å². The van der Waals surface area contributed by atoms with Crippen molar-refractivity contribution in [3.63, 3.8) is 0 Å². The van der Waals surface area contributed by atoms with Crippen LogP contribution in [0, 0.1) is 0 Å². The van der Waals surface area contributed by atoms with E-state index in [0.29, 0.717) is 16.6 Å². The summed E-state index contributed by atoms with van der Waals surface area (Å²) in [5.74, 6) is 0.444. The fourth-order valence-corrected chi connectivity index (χ4v) is 11.7. The standard InChI is InChI=1S/C51H42B3N5OSi/c1-61(2,49-37-21-36-48-50(49)60-51-55-46-34-18-19-35-47(46)56(48)51)45-33-20-32-44(38-45)59-53(40-24-10-4-11-25-40)57(42-28-14-6-15-29-42)52(39-22-8-3-9-23-39)58(43-30-16-7-17-31-43)54(59)41-26-12-5-13-27-41/h3-38H,1-2H3/i1D3. The highest BCUT2D eigenvalue weighted by molar-refractivity contribution is 7.15. The summed E-state index contributed by atoms with van der Waals surface area (Å²) in [6.45, 7) is -1.42. The minimum atomic E-state index is -3.69. The SMILES string of the molecule is [2H]C([2H])([2H])[Si](C)(c1cccc(N2B(c3ccccc3)N(c3ccccc3)B(c3ccccc3)N(c3ccccc3)B2c2ccccc2)c1)c1cccc2c1oc1nc3ccccc3n12. The Kier molecular flexibility index (Phi) is 8.35. The zero-order chi connectivity index (χ0) is 43.4. The molecule has 10 aromatic rings. The highest BCUT2D eigenvalue weighted by Crippen LogP contribution is 2.34. The molecule has 1 saturated heterocycles. The highest BCUT2D eigenvalue weighted by atomic mass is 28.3. The van der Waals surface area contributed by atoms with E-state index < -0.39 is 14.5 Å². The first-order valence-electron chi connectivity index (χ1n) is 22.3. The lowest BCUT2D eigenvalue weighted by Crippen LogP contribution is -2.86. The van der Waals surface area contributed by atoms with Gasteiger partial charge in [-0.15, -0.1) is 0 Å². The Morgan fingerprint density at radius 3 is 1.46 bits per heavy atom. The van der Waals surface area contributed by atoms with E-state index in [9.17, 15) is 4.11 Å². The number of imidazole rings is 1. The van der Waals surface area contributed by atoms with Crippen LogP contribution in [0.5, 0.6) is 0 Å². The fraction of sp³-hybridized carbons (Fsp3) is 0.0392. The third-order valence-electron chi connectivity index (χ3n) is 12.2. The van der Waals surface area contributed by atoms with Crippen LogP contribution in [-0.2, 0) is 0 Å². The van der Waals surface area contributed by atoms with Crippen LogP contribution < -0.4 is 40.9 Å². The van der Waals surface area contributed by atoms with Gasteiger partial charge in [0.05, 0.1) is 16.6 Å². The normalized spacial score (nSPS) is 15.3. The van der Waals surface area contributed by atoms with E-state index in [4.69, 9.17) is 9.40 Å². The average Bonchev–Trinajstić information content (AvgIpc) is 3.90. The molecule has 1 aliphatic heterocycles. The van der Waals surface area contributed by atoms with E-state index in [-0.39, 0.29) is 20.9 Å². The molecule has 61 heavy (non-hydrogen) atoms. The van der Waals surface area contributed by atoms with Gasteiger partial charge in [0.15, 0.2) is 5.58 Å². The molecule has 8 aromatic carbocycles. The van der Waals surface area contributed by atoms with Crippen molar-refractivity contribution < 1.29 is 8.53 Å². The van der Waals surface area contributed by atoms with Crippen LogP contribution in [0.1, 0.15) is 4.11 Å². The van der Waals surface area contributed by atoms with Gasteiger partial charge in [0.2, 0.25) is 0 Å². The molecule has 2 aromatic heterocycles. The van der Waals surface area contributed by atoms with Gasteiger partial charge in [0.1, 0.15) is 8.07 Å². The molecule has 10 heteroatoms. The van der Waals surface area contributed by atoms with Gasteiger partial charge in [-0.1, -0.05) is 182 Å². The monoisotopic (exact) mass is 804 g/mol. The van der Waals surface area contributed by atoms with E-state index >= 15 is 0 Å². The average molecular weight is 804 g/mol. The van der Waals surface area contributed by atoms with Crippen LogP contribution in [0.2, 0.25) is 13.0 Å². The lowest BCUT2D eigenvalue weighted by Gasteiger charge is -2.57. The van der Waals surface area contributed by atoms with E-state index in [0.717, 1.165) is 55.2 Å². The van der Waals surface area contributed by atoms with Gasteiger partial charge in [-0.05, 0) is 76.2 Å². The van der Waals surface area contributed by atoms with Crippen molar-refractivity contribution in [2.75, 3.05) is 14.2 Å². The fourth-order valence-electron chi connectivity index (χ4n) is 9.42. The lowest BCUT2D eigenvalue weighted by molar-refractivity contribution is 0.645. The number of anilines is 3. The van der Waals surface area contributed by atoms with Gasteiger partial charge < -0.3 is 18.6 Å². The molecule has 0 bridgehead atoms. The number of oxazole rings is 1. The Bertz CT molecular complexity index is 3150. The van der Waals surface area contributed by atoms with Crippen LogP contribution in [0.25, 0.3) is 28.0 Å². The van der Waals surface area contributed by atoms with E-state index in [1.165, 1.54) is 0 Å². The van der Waals surface area contributed by atoms with Crippen molar-refractivity contribution in [2.24, 2.45) is 0 Å². The van der Waals surface area contributed by atoms with Gasteiger partial charge in [-0.3, -0.25) is 4.40 Å². The molecule has 0 spiro atoms. The second-order valence-corrected chi connectivity index (χ2v) is 19.3. The Morgan fingerprint density at radius 2 is 0.918 bits per heavy atom. The quantitative estimate of drug-likeness (QED) is 0.146. The molecule has 1 unspecified atom stereocenters. The summed E-state index contributed by atoms with van der Waals surface area (Å²) >= 11 is 0. The zero-order valence-corrected chi connectivity index (χ0v) is 34.7. The van der Waals surface area contributed by atoms with Crippen molar-refractivity contribution in [1.29, 1.82) is 0 Å². The number of fused-ring (bicyclic) bond motifs is 5. The maximum absolute atomic E-state index is 9.44. The third-order valence-corrected chi connectivity index (χ3v) is 15.1. The molecule has 1 atom stereocenters. The summed E-state index contributed by atoms with van der Waals surface area (Å²) in [7, 11) is -3.69. The van der Waals surface area contributed by atoms with E-state index in [1.807, 2.05) is 65.5 Å². The van der Waals surface area contributed by atoms with Gasteiger partial charge >= 0.3 is 26.8 Å². The smallest absolute Gasteiger partial charge is 0.388 e. The number of nitrogens with zero attached hydrogens (tertiary/aromatic N) is 5. The molecule has 6 nitrogen and oxygen atoms in total. The molecule has 0 radical (unpaired) electrons. The number of aromatic nitrogens is 2. The molecular weight excluding hydrogens is 759 g/mol. The molecule has 3 heterocycles. The van der Waals surface area contributed by atoms with Gasteiger partial charge in [-0.25, -0.2) is 0 Å². The molecule has 290 valence electrons. The van der Waals surface area contributed by atoms with Crippen molar-refractivity contribution in [1.82, 2.24) is 9.38 Å². The molecule has 0 saturated carbocycles. The van der Waals surface area contributed by atoms with Crippen LogP contribution in [0.3, 0.4) is 0 Å². The highest BCUT2D eigenvalue weighted by Gasteiger charge is 2.56. The number of para-hydroxylation sites is 5. The molecule has 1 aliphatic rings. The first-order valence-corrected chi connectivity index (χ1v) is 23.3. The summed E-state index contributed by atoms with van der Waals surface area (Å²) in [4.78, 5) is 4.81. The van der Waals surface area contributed by atoms with Crippen molar-refractivity contribution >= 4 is 101 Å². The van der Waals surface area contributed by atoms with Crippen molar-refractivity contribution in [3.05, 3.63) is 218 Å². The topological polar surface area (TPSA) is 40.2 Å². The number of benzene rings is 8. The summed E-state index contributed by atoms with van der Waals surface area (Å²) in [5.41, 5.74) is 9.40. The number of hydrogen-bond acceptors (Lipinski definition) is 5. The number of hydrogen-bond donors (Lipinski definition) is 0. The Morgan fingerprint density at radius 1 is 0.475 bits per heavy atom. The summed E-state index contributed by atoms with van der Waals surface area (Å²) in [6, 6.07) is 75.6. The summed E-state index contributed by atoms with van der Waals surface area (Å²) in [6.07, 6.45) is 0. The largest absolute Gasteiger partial charge is 0.423 e. The minimum absolute atomic E-state index is 0.283. The Labute approximate surface area is 362 Å². The first kappa shape index (κ1) is 33.6. The van der Waals surface area contributed by atoms with Crippen molar-refractivity contribution in [2.45, 2.75) is 13.0 Å². The van der Waals surface area contributed by atoms with Crippen molar-refractivity contribution in [3.8, 4) is 0 Å². The second-order valence-electron chi connectivity index (χ2n) is 15.9. The molecule has 11 rings (SSSR count). The molecule has 0 aliphatic carbocycles. The van der Waals surface area contributed by atoms with Crippen LogP contribution in [0.4, 0.5) is 17.1 Å². The molecule has 1 fully saturated rings. The lowest BCUT2D eigenvalue weighted by atomic mass is 9.37. The van der Waals surface area contributed by atoms with Crippen LogP contribution in [0.15, 0.2) is 223 Å². The maximum atomic E-state index is 9.44. The predicted octanol–water partition coefficient (Wildman–Crippen LogP) is 8.08. The van der Waals surface area contributed by atoms with Gasteiger partial charge in [0.25, 0.3) is 0 Å². The summed E-state index contributed by atoms with van der Waals surface area (Å²) in [5, 5.41) is 1.48. The van der Waals surface area contributed by atoms with Crippen LogP contribution in [-0.4, -0.2) is 38.4 Å². The first-order chi connectivity index (χ1) is 31.3. The predicted molar refractivity (Wildman–Crippen MR) is 261 cm³/mol. The van der Waals surface area contributed by atoms with E-state index in [2.05, 4.69) is 178 Å². The number of rotatable bonds is 8. The van der Waals surface area contributed by atoms with E-state index in [1.54, 1.807) is 0 Å². The molecule has 0 N–H and O–H groups in total.